The number of aromatic amines is 1. The predicted molar refractivity (Wildman–Crippen MR) is 69.6 cm³/mol. The standard InChI is InChI=1S/C12H15N5O/c1-2-4-14-10-8-13-5-3-9(10)11(18)17-12-15-6-7-16-12/h3,5-8,14H,2,4H2,1H3,(H2,15,16,17,18). The molecule has 18 heavy (non-hydrogen) atoms. The van der Waals surface area contributed by atoms with Gasteiger partial charge in [0.15, 0.2) is 0 Å². The molecule has 94 valence electrons. The zero-order valence-corrected chi connectivity index (χ0v) is 10.1. The minimum atomic E-state index is -0.217. The third kappa shape index (κ3) is 2.85. The van der Waals surface area contributed by atoms with Crippen LogP contribution in [0, 0.1) is 0 Å². The Bertz CT molecular complexity index is 509. The van der Waals surface area contributed by atoms with E-state index in [1.807, 2.05) is 0 Å². The average Bonchev–Trinajstić information content (AvgIpc) is 2.89. The van der Waals surface area contributed by atoms with Crippen LogP contribution in [-0.2, 0) is 0 Å². The van der Waals surface area contributed by atoms with Gasteiger partial charge in [0.05, 0.1) is 17.4 Å². The number of carbonyl (C=O) groups excluding carboxylic acids is 1. The molecule has 2 aromatic heterocycles. The summed E-state index contributed by atoms with van der Waals surface area (Å²) in [5.74, 6) is 0.212. The average molecular weight is 245 g/mol. The number of anilines is 2. The van der Waals surface area contributed by atoms with Crippen LogP contribution in [0.15, 0.2) is 30.9 Å². The molecule has 0 unspecified atom stereocenters. The molecular formula is C12H15N5O. The van der Waals surface area contributed by atoms with Crippen LogP contribution < -0.4 is 10.6 Å². The number of imidazole rings is 1. The van der Waals surface area contributed by atoms with Crippen molar-refractivity contribution in [2.45, 2.75) is 13.3 Å². The molecule has 0 spiro atoms. The van der Waals surface area contributed by atoms with Crippen LogP contribution in [0.5, 0.6) is 0 Å². The number of amides is 1. The number of H-pyrrole nitrogens is 1. The van der Waals surface area contributed by atoms with E-state index in [9.17, 15) is 4.79 Å². The maximum atomic E-state index is 12.1. The number of carbonyl (C=O) groups is 1. The Morgan fingerprint density at radius 3 is 3.06 bits per heavy atom. The van der Waals surface area contributed by atoms with Crippen LogP contribution in [0.2, 0.25) is 0 Å². The molecule has 2 aromatic rings. The molecule has 0 saturated carbocycles. The fourth-order valence-electron chi connectivity index (χ4n) is 1.50. The van der Waals surface area contributed by atoms with Crippen LogP contribution in [0.4, 0.5) is 11.6 Å². The summed E-state index contributed by atoms with van der Waals surface area (Å²) in [6.07, 6.45) is 7.45. The predicted octanol–water partition coefficient (Wildman–Crippen LogP) is 1.88. The third-order valence-corrected chi connectivity index (χ3v) is 2.36. The number of pyridine rings is 1. The van der Waals surface area contributed by atoms with Crippen molar-refractivity contribution in [2.24, 2.45) is 0 Å². The van der Waals surface area contributed by atoms with Gasteiger partial charge in [-0.3, -0.25) is 15.1 Å². The van der Waals surface area contributed by atoms with Crippen molar-refractivity contribution >= 4 is 17.5 Å². The van der Waals surface area contributed by atoms with E-state index in [1.165, 1.54) is 0 Å². The van der Waals surface area contributed by atoms with Gasteiger partial charge >= 0.3 is 0 Å². The number of nitrogens with zero attached hydrogens (tertiary/aromatic N) is 2. The minimum absolute atomic E-state index is 0.217. The fraction of sp³-hybridized carbons (Fsp3) is 0.250. The minimum Gasteiger partial charge on any atom is -0.383 e. The lowest BCUT2D eigenvalue weighted by atomic mass is 10.2. The molecule has 0 aromatic carbocycles. The monoisotopic (exact) mass is 245 g/mol. The van der Waals surface area contributed by atoms with E-state index < -0.39 is 0 Å². The van der Waals surface area contributed by atoms with E-state index in [4.69, 9.17) is 0 Å². The summed E-state index contributed by atoms with van der Waals surface area (Å²) in [6, 6.07) is 1.68. The molecule has 0 bridgehead atoms. The van der Waals surface area contributed by atoms with E-state index in [1.54, 1.807) is 30.9 Å². The Labute approximate surface area is 105 Å². The Balaban J connectivity index is 2.13. The highest BCUT2D eigenvalue weighted by atomic mass is 16.1. The maximum absolute atomic E-state index is 12.1. The molecule has 1 amide bonds. The highest BCUT2D eigenvalue weighted by Gasteiger charge is 2.11. The second-order valence-electron chi connectivity index (χ2n) is 3.74. The van der Waals surface area contributed by atoms with Crippen LogP contribution in [-0.4, -0.2) is 27.4 Å². The second kappa shape index (κ2) is 5.81. The summed E-state index contributed by atoms with van der Waals surface area (Å²) in [7, 11) is 0. The van der Waals surface area contributed by atoms with Gasteiger partial charge in [-0.1, -0.05) is 6.92 Å². The van der Waals surface area contributed by atoms with Crippen molar-refractivity contribution in [1.82, 2.24) is 15.0 Å². The maximum Gasteiger partial charge on any atom is 0.260 e. The SMILES string of the molecule is CCCNc1cnccc1C(=O)Nc1ncc[nH]1. The number of hydrogen-bond acceptors (Lipinski definition) is 4. The Morgan fingerprint density at radius 2 is 2.33 bits per heavy atom. The summed E-state index contributed by atoms with van der Waals surface area (Å²) in [5.41, 5.74) is 1.28. The van der Waals surface area contributed by atoms with E-state index in [0.717, 1.165) is 18.7 Å². The van der Waals surface area contributed by atoms with Crippen LogP contribution in [0.3, 0.4) is 0 Å². The van der Waals surface area contributed by atoms with Gasteiger partial charge in [-0.25, -0.2) is 4.98 Å². The van der Waals surface area contributed by atoms with E-state index in [0.29, 0.717) is 11.5 Å². The summed E-state index contributed by atoms with van der Waals surface area (Å²) in [6.45, 7) is 2.86. The van der Waals surface area contributed by atoms with Crippen molar-refractivity contribution in [2.75, 3.05) is 17.2 Å². The number of hydrogen-bond donors (Lipinski definition) is 3. The quantitative estimate of drug-likeness (QED) is 0.751. The summed E-state index contributed by atoms with van der Waals surface area (Å²) >= 11 is 0. The van der Waals surface area contributed by atoms with Gasteiger partial charge in [-0.2, -0.15) is 0 Å². The van der Waals surface area contributed by atoms with Gasteiger partial charge < -0.3 is 10.3 Å². The first-order valence-electron chi connectivity index (χ1n) is 5.80. The van der Waals surface area contributed by atoms with Crippen LogP contribution in [0.25, 0.3) is 0 Å². The van der Waals surface area contributed by atoms with Gasteiger partial charge in [0.25, 0.3) is 5.91 Å². The van der Waals surface area contributed by atoms with Crippen molar-refractivity contribution in [3.63, 3.8) is 0 Å². The zero-order chi connectivity index (χ0) is 12.8. The van der Waals surface area contributed by atoms with Gasteiger partial charge in [0, 0.05) is 25.1 Å². The van der Waals surface area contributed by atoms with E-state index in [-0.39, 0.29) is 5.91 Å². The molecule has 0 atom stereocenters. The molecule has 6 nitrogen and oxygen atoms in total. The number of nitrogens with one attached hydrogen (secondary N) is 3. The van der Waals surface area contributed by atoms with Crippen LogP contribution in [0.1, 0.15) is 23.7 Å². The first-order chi connectivity index (χ1) is 8.81. The normalized spacial score (nSPS) is 10.1. The molecular weight excluding hydrogens is 230 g/mol. The number of rotatable bonds is 5. The Hall–Kier alpha value is -2.37. The smallest absolute Gasteiger partial charge is 0.260 e. The lowest BCUT2D eigenvalue weighted by molar-refractivity contribution is 0.102. The molecule has 0 aliphatic carbocycles. The van der Waals surface area contributed by atoms with Crippen molar-refractivity contribution in [3.05, 3.63) is 36.4 Å². The van der Waals surface area contributed by atoms with Crippen LogP contribution >= 0.6 is 0 Å². The lowest BCUT2D eigenvalue weighted by Gasteiger charge is -2.09. The van der Waals surface area contributed by atoms with Crippen molar-refractivity contribution in [1.29, 1.82) is 0 Å². The van der Waals surface area contributed by atoms with Gasteiger partial charge in [-0.05, 0) is 12.5 Å². The molecule has 2 heterocycles. The van der Waals surface area contributed by atoms with Crippen molar-refractivity contribution in [3.8, 4) is 0 Å². The van der Waals surface area contributed by atoms with Crippen molar-refractivity contribution < 1.29 is 4.79 Å². The van der Waals surface area contributed by atoms with E-state index in [2.05, 4.69) is 32.5 Å². The number of aromatic nitrogens is 3. The van der Waals surface area contributed by atoms with Gasteiger partial charge in [0.1, 0.15) is 0 Å². The molecule has 0 saturated heterocycles. The molecule has 6 heteroatoms. The van der Waals surface area contributed by atoms with E-state index >= 15 is 0 Å². The lowest BCUT2D eigenvalue weighted by Crippen LogP contribution is -2.16. The summed E-state index contributed by atoms with van der Waals surface area (Å²) in [5, 5.41) is 5.85. The molecule has 0 fully saturated rings. The summed E-state index contributed by atoms with van der Waals surface area (Å²) in [4.78, 5) is 22.8. The third-order valence-electron chi connectivity index (χ3n) is 2.36. The highest BCUT2D eigenvalue weighted by Crippen LogP contribution is 2.14. The second-order valence-corrected chi connectivity index (χ2v) is 3.74. The Morgan fingerprint density at radius 1 is 1.44 bits per heavy atom. The molecule has 0 radical (unpaired) electrons. The van der Waals surface area contributed by atoms with Gasteiger partial charge in [-0.15, -0.1) is 0 Å². The molecule has 3 N–H and O–H groups in total. The first-order valence-corrected chi connectivity index (χ1v) is 5.80. The molecule has 0 aliphatic heterocycles. The molecule has 2 rings (SSSR count). The van der Waals surface area contributed by atoms with Gasteiger partial charge in [0.2, 0.25) is 5.95 Å². The Kier molecular flexibility index (Phi) is 3.90. The fourth-order valence-corrected chi connectivity index (χ4v) is 1.50. The topological polar surface area (TPSA) is 82.7 Å². The summed E-state index contributed by atoms with van der Waals surface area (Å²) < 4.78 is 0. The zero-order valence-electron chi connectivity index (χ0n) is 10.1. The highest BCUT2D eigenvalue weighted by molar-refractivity contribution is 6.07. The molecule has 0 aliphatic rings. The first kappa shape index (κ1) is 12.1. The largest absolute Gasteiger partial charge is 0.383 e.